The smallest absolute Gasteiger partial charge is 0.264 e. The Labute approximate surface area is 143 Å². The summed E-state index contributed by atoms with van der Waals surface area (Å²) in [7, 11) is 0. The second kappa shape index (κ2) is 5.83. The first-order valence-electron chi connectivity index (χ1n) is 7.69. The molecule has 4 nitrogen and oxygen atoms in total. The van der Waals surface area contributed by atoms with Crippen LogP contribution in [0, 0.1) is 6.92 Å². The van der Waals surface area contributed by atoms with Crippen LogP contribution in [0.4, 0.5) is 0 Å². The van der Waals surface area contributed by atoms with E-state index in [0.717, 1.165) is 41.5 Å². The Hall–Kier alpha value is -1.53. The van der Waals surface area contributed by atoms with Crippen LogP contribution in [-0.4, -0.2) is 45.5 Å². The van der Waals surface area contributed by atoms with Crippen molar-refractivity contribution in [3.8, 4) is 5.75 Å². The number of thiophene rings is 1. The number of rotatable bonds is 3. The summed E-state index contributed by atoms with van der Waals surface area (Å²) in [5.74, 6) is 1.99. The molecule has 0 radical (unpaired) electrons. The van der Waals surface area contributed by atoms with Crippen molar-refractivity contribution in [2.45, 2.75) is 24.2 Å². The molecule has 0 aromatic carbocycles. The van der Waals surface area contributed by atoms with Gasteiger partial charge in [0.05, 0.1) is 15.8 Å². The monoisotopic (exact) mass is 346 g/mol. The summed E-state index contributed by atoms with van der Waals surface area (Å²) in [6, 6.07) is 5.84. The standard InChI is InChI=1S/C17H18N2O2S2/c1-12-4-6-22-15(12)16(20)19-10-17(11-19)7-14(9-23-17)21-13-3-2-5-18-8-13/h2-6,8,14H,7,9-11H2,1H3. The largest absolute Gasteiger partial charge is 0.488 e. The quantitative estimate of drug-likeness (QED) is 0.856. The van der Waals surface area contributed by atoms with E-state index in [4.69, 9.17) is 4.74 Å². The molecule has 2 aliphatic heterocycles. The van der Waals surface area contributed by atoms with Crippen LogP contribution in [0.25, 0.3) is 0 Å². The van der Waals surface area contributed by atoms with Crippen molar-refractivity contribution in [2.75, 3.05) is 18.8 Å². The third-order valence-electron chi connectivity index (χ3n) is 4.41. The fourth-order valence-electron chi connectivity index (χ4n) is 3.24. The van der Waals surface area contributed by atoms with E-state index >= 15 is 0 Å². The highest BCUT2D eigenvalue weighted by molar-refractivity contribution is 8.01. The van der Waals surface area contributed by atoms with Crippen molar-refractivity contribution in [3.05, 3.63) is 46.4 Å². The van der Waals surface area contributed by atoms with Gasteiger partial charge in [0.25, 0.3) is 5.91 Å². The van der Waals surface area contributed by atoms with Gasteiger partial charge in [-0.25, -0.2) is 0 Å². The molecule has 2 aromatic heterocycles. The van der Waals surface area contributed by atoms with Crippen molar-refractivity contribution >= 4 is 29.0 Å². The number of hydrogen-bond donors (Lipinski definition) is 0. The van der Waals surface area contributed by atoms with E-state index in [2.05, 4.69) is 4.98 Å². The lowest BCUT2D eigenvalue weighted by atomic mass is 9.92. The van der Waals surface area contributed by atoms with Gasteiger partial charge >= 0.3 is 0 Å². The molecule has 23 heavy (non-hydrogen) atoms. The molecule has 1 spiro atoms. The first kappa shape index (κ1) is 15.0. The lowest BCUT2D eigenvalue weighted by Crippen LogP contribution is -2.60. The SMILES string of the molecule is Cc1ccsc1C(=O)N1CC2(CC(Oc3cccnc3)CS2)C1. The average Bonchev–Trinajstić information content (AvgIpc) is 3.13. The molecule has 4 rings (SSSR count). The van der Waals surface area contributed by atoms with Gasteiger partial charge in [-0.1, -0.05) is 0 Å². The van der Waals surface area contributed by atoms with Crippen LogP contribution in [0.1, 0.15) is 21.7 Å². The first-order valence-corrected chi connectivity index (χ1v) is 9.56. The predicted molar refractivity (Wildman–Crippen MR) is 93.4 cm³/mol. The third kappa shape index (κ3) is 2.85. The average molecular weight is 346 g/mol. The Balaban J connectivity index is 1.35. The summed E-state index contributed by atoms with van der Waals surface area (Å²) in [6.07, 6.45) is 4.72. The Morgan fingerprint density at radius 3 is 3.00 bits per heavy atom. The van der Waals surface area contributed by atoms with E-state index in [1.165, 1.54) is 11.3 Å². The zero-order valence-electron chi connectivity index (χ0n) is 12.9. The van der Waals surface area contributed by atoms with Crippen LogP contribution < -0.4 is 4.74 Å². The number of ether oxygens (including phenoxy) is 1. The molecule has 120 valence electrons. The number of pyridine rings is 1. The molecule has 1 atom stereocenters. The van der Waals surface area contributed by atoms with Crippen molar-refractivity contribution in [1.82, 2.24) is 9.88 Å². The molecule has 1 amide bonds. The summed E-state index contributed by atoms with van der Waals surface area (Å²) >= 11 is 3.48. The molecule has 6 heteroatoms. The van der Waals surface area contributed by atoms with Crippen LogP contribution in [0.5, 0.6) is 5.75 Å². The summed E-state index contributed by atoms with van der Waals surface area (Å²) < 4.78 is 6.20. The second-order valence-corrected chi connectivity index (χ2v) is 8.62. The second-order valence-electron chi connectivity index (χ2n) is 6.22. The lowest BCUT2D eigenvalue weighted by Gasteiger charge is -2.47. The molecule has 0 bridgehead atoms. The van der Waals surface area contributed by atoms with Gasteiger partial charge in [-0.3, -0.25) is 9.78 Å². The van der Waals surface area contributed by atoms with Crippen LogP contribution in [-0.2, 0) is 0 Å². The van der Waals surface area contributed by atoms with Crippen molar-refractivity contribution in [3.63, 3.8) is 0 Å². The van der Waals surface area contributed by atoms with Crippen molar-refractivity contribution < 1.29 is 9.53 Å². The van der Waals surface area contributed by atoms with Crippen LogP contribution >= 0.6 is 23.1 Å². The first-order chi connectivity index (χ1) is 11.2. The van der Waals surface area contributed by atoms with Gasteiger partial charge in [0, 0.05) is 31.5 Å². The normalized spacial score (nSPS) is 22.1. The molecule has 1 unspecified atom stereocenters. The maximum Gasteiger partial charge on any atom is 0.264 e. The Morgan fingerprint density at radius 1 is 1.43 bits per heavy atom. The van der Waals surface area contributed by atoms with E-state index in [1.54, 1.807) is 12.4 Å². The minimum atomic E-state index is 0.181. The number of aromatic nitrogens is 1. The molecular formula is C17H18N2O2S2. The zero-order valence-corrected chi connectivity index (χ0v) is 14.5. The summed E-state index contributed by atoms with van der Waals surface area (Å²) in [5.41, 5.74) is 1.08. The molecule has 2 aromatic rings. The van der Waals surface area contributed by atoms with Gasteiger partial charge in [0.1, 0.15) is 11.9 Å². The van der Waals surface area contributed by atoms with E-state index in [9.17, 15) is 4.79 Å². The molecule has 4 heterocycles. The summed E-state index contributed by atoms with van der Waals surface area (Å²) in [4.78, 5) is 19.4. The summed E-state index contributed by atoms with van der Waals surface area (Å²) in [5, 5.41) is 1.99. The number of carbonyl (C=O) groups excluding carboxylic acids is 1. The number of likely N-dealkylation sites (tertiary alicyclic amines) is 1. The van der Waals surface area contributed by atoms with E-state index < -0.39 is 0 Å². The van der Waals surface area contributed by atoms with Gasteiger partial charge in [-0.2, -0.15) is 0 Å². The molecule has 2 fully saturated rings. The van der Waals surface area contributed by atoms with Crippen molar-refractivity contribution in [2.24, 2.45) is 0 Å². The minimum absolute atomic E-state index is 0.181. The number of aryl methyl sites for hydroxylation is 1. The van der Waals surface area contributed by atoms with Gasteiger partial charge in [0.15, 0.2) is 0 Å². The van der Waals surface area contributed by atoms with E-state index in [1.807, 2.05) is 47.2 Å². The minimum Gasteiger partial charge on any atom is -0.488 e. The number of amides is 1. The Kier molecular flexibility index (Phi) is 3.81. The molecule has 2 aliphatic rings. The topological polar surface area (TPSA) is 42.4 Å². The highest BCUT2D eigenvalue weighted by Crippen LogP contribution is 2.46. The third-order valence-corrected chi connectivity index (χ3v) is 6.99. The van der Waals surface area contributed by atoms with Crippen LogP contribution in [0.15, 0.2) is 36.0 Å². The molecular weight excluding hydrogens is 328 g/mol. The molecule has 0 N–H and O–H groups in total. The molecule has 2 saturated heterocycles. The van der Waals surface area contributed by atoms with Crippen molar-refractivity contribution in [1.29, 1.82) is 0 Å². The maximum absolute atomic E-state index is 12.5. The van der Waals surface area contributed by atoms with Gasteiger partial charge in [0.2, 0.25) is 0 Å². The number of carbonyl (C=O) groups is 1. The summed E-state index contributed by atoms with van der Waals surface area (Å²) in [6.45, 7) is 3.67. The maximum atomic E-state index is 12.5. The number of hydrogen-bond acceptors (Lipinski definition) is 5. The van der Waals surface area contributed by atoms with Gasteiger partial charge in [-0.05, 0) is 36.1 Å². The molecule has 0 saturated carbocycles. The number of thioether (sulfide) groups is 1. The lowest BCUT2D eigenvalue weighted by molar-refractivity contribution is 0.0522. The predicted octanol–water partition coefficient (Wildman–Crippen LogP) is 3.23. The van der Waals surface area contributed by atoms with Gasteiger partial charge < -0.3 is 9.64 Å². The highest BCUT2D eigenvalue weighted by Gasteiger charge is 2.51. The highest BCUT2D eigenvalue weighted by atomic mass is 32.2. The van der Waals surface area contributed by atoms with Gasteiger partial charge in [-0.15, -0.1) is 23.1 Å². The van der Waals surface area contributed by atoms with Crippen LogP contribution in [0.3, 0.4) is 0 Å². The fourth-order valence-corrected chi connectivity index (χ4v) is 5.65. The fraction of sp³-hybridized carbons (Fsp3) is 0.412. The Morgan fingerprint density at radius 2 is 2.30 bits per heavy atom. The Bertz CT molecular complexity index is 710. The van der Waals surface area contributed by atoms with Crippen LogP contribution in [0.2, 0.25) is 0 Å². The number of nitrogens with zero attached hydrogens (tertiary/aromatic N) is 2. The zero-order chi connectivity index (χ0) is 15.9. The molecule has 0 aliphatic carbocycles. The van der Waals surface area contributed by atoms with E-state index in [-0.39, 0.29) is 16.8 Å². The van der Waals surface area contributed by atoms with E-state index in [0.29, 0.717) is 0 Å².